The van der Waals surface area contributed by atoms with Crippen molar-refractivity contribution >= 4 is 5.91 Å². The van der Waals surface area contributed by atoms with Crippen LogP contribution in [0.3, 0.4) is 0 Å². The van der Waals surface area contributed by atoms with E-state index in [1.807, 2.05) is 6.07 Å². The van der Waals surface area contributed by atoms with Crippen LogP contribution >= 0.6 is 0 Å². The average Bonchev–Trinajstić information content (AvgIpc) is 2.54. The second-order valence-electron chi connectivity index (χ2n) is 6.33. The van der Waals surface area contributed by atoms with Gasteiger partial charge in [0.25, 0.3) is 5.91 Å². The number of rotatable bonds is 4. The Morgan fingerprint density at radius 2 is 1.81 bits per heavy atom. The van der Waals surface area contributed by atoms with Crippen molar-refractivity contribution in [3.8, 4) is 5.75 Å². The van der Waals surface area contributed by atoms with Gasteiger partial charge in [0.2, 0.25) is 0 Å². The van der Waals surface area contributed by atoms with Gasteiger partial charge in [-0.3, -0.25) is 4.79 Å². The van der Waals surface area contributed by atoms with Gasteiger partial charge in [-0.15, -0.1) is 0 Å². The Hall–Kier alpha value is -1.51. The molecular weight excluding hydrogens is 262 g/mol. The fraction of sp³-hybridized carbons (Fsp3) is 0.611. The van der Waals surface area contributed by atoms with Crippen molar-refractivity contribution in [2.75, 3.05) is 6.61 Å². The fourth-order valence-electron chi connectivity index (χ4n) is 3.46. The molecule has 0 heterocycles. The Morgan fingerprint density at radius 3 is 2.62 bits per heavy atom. The summed E-state index contributed by atoms with van der Waals surface area (Å²) in [5.41, 5.74) is 2.84. The van der Waals surface area contributed by atoms with Gasteiger partial charge < -0.3 is 10.1 Å². The van der Waals surface area contributed by atoms with Gasteiger partial charge in [-0.05, 0) is 61.8 Å². The lowest BCUT2D eigenvalue weighted by Crippen LogP contribution is -2.38. The molecule has 2 aliphatic rings. The summed E-state index contributed by atoms with van der Waals surface area (Å²) in [6, 6.07) is 6.63. The molecule has 114 valence electrons. The summed E-state index contributed by atoms with van der Waals surface area (Å²) in [5, 5.41) is 3.09. The Morgan fingerprint density at radius 1 is 1.05 bits per heavy atom. The topological polar surface area (TPSA) is 38.3 Å². The highest BCUT2D eigenvalue weighted by Gasteiger charge is 2.16. The molecule has 0 aromatic heterocycles. The first-order valence-corrected chi connectivity index (χ1v) is 8.35. The number of nitrogens with one attached hydrogen (secondary N) is 1. The van der Waals surface area contributed by atoms with Crippen molar-refractivity contribution in [3.63, 3.8) is 0 Å². The third-order valence-corrected chi connectivity index (χ3v) is 4.66. The third kappa shape index (κ3) is 3.99. The van der Waals surface area contributed by atoms with E-state index < -0.39 is 0 Å². The number of amides is 1. The second-order valence-corrected chi connectivity index (χ2v) is 6.33. The maximum absolute atomic E-state index is 11.9. The van der Waals surface area contributed by atoms with Gasteiger partial charge in [0.15, 0.2) is 6.61 Å². The predicted molar refractivity (Wildman–Crippen MR) is 83.6 cm³/mol. The second kappa shape index (κ2) is 6.97. The summed E-state index contributed by atoms with van der Waals surface area (Å²) in [7, 11) is 0. The van der Waals surface area contributed by atoms with E-state index in [9.17, 15) is 4.79 Å². The van der Waals surface area contributed by atoms with Gasteiger partial charge in [-0.1, -0.05) is 25.3 Å². The molecular formula is C18H25NO2. The summed E-state index contributed by atoms with van der Waals surface area (Å²) in [6.07, 6.45) is 10.9. The minimum Gasteiger partial charge on any atom is -0.484 e. The van der Waals surface area contributed by atoms with E-state index in [1.54, 1.807) is 0 Å². The van der Waals surface area contributed by atoms with Gasteiger partial charge >= 0.3 is 0 Å². The van der Waals surface area contributed by atoms with Gasteiger partial charge in [0, 0.05) is 6.04 Å². The van der Waals surface area contributed by atoms with Gasteiger partial charge in [-0.25, -0.2) is 0 Å². The van der Waals surface area contributed by atoms with E-state index in [4.69, 9.17) is 4.74 Å². The molecule has 1 N–H and O–H groups in total. The number of fused-ring (bicyclic) bond motifs is 1. The summed E-state index contributed by atoms with van der Waals surface area (Å²) in [5.74, 6) is 0.842. The number of ether oxygens (including phenoxy) is 1. The lowest BCUT2D eigenvalue weighted by molar-refractivity contribution is -0.124. The lowest BCUT2D eigenvalue weighted by Gasteiger charge is -2.22. The van der Waals surface area contributed by atoms with Crippen molar-refractivity contribution in [2.24, 2.45) is 0 Å². The molecule has 3 rings (SSSR count). The van der Waals surface area contributed by atoms with Crippen molar-refractivity contribution < 1.29 is 9.53 Å². The van der Waals surface area contributed by atoms with E-state index in [0.717, 1.165) is 25.0 Å². The predicted octanol–water partition coefficient (Wildman–Crippen LogP) is 3.39. The van der Waals surface area contributed by atoms with Crippen LogP contribution in [0.2, 0.25) is 0 Å². The number of hydrogen-bond acceptors (Lipinski definition) is 2. The fourth-order valence-corrected chi connectivity index (χ4v) is 3.46. The molecule has 21 heavy (non-hydrogen) atoms. The molecule has 1 aromatic rings. The zero-order valence-electron chi connectivity index (χ0n) is 12.7. The number of carbonyl (C=O) groups is 1. The van der Waals surface area contributed by atoms with Crippen LogP contribution in [0.1, 0.15) is 56.1 Å². The molecule has 2 aliphatic carbocycles. The number of hydrogen-bond donors (Lipinski definition) is 1. The first-order chi connectivity index (χ1) is 10.3. The summed E-state index contributed by atoms with van der Waals surface area (Å²) in [4.78, 5) is 11.9. The van der Waals surface area contributed by atoms with Crippen LogP contribution in [0.15, 0.2) is 18.2 Å². The van der Waals surface area contributed by atoms with Crippen LogP contribution in [0.25, 0.3) is 0 Å². The van der Waals surface area contributed by atoms with Crippen LogP contribution in [0, 0.1) is 0 Å². The molecule has 1 aromatic carbocycles. The van der Waals surface area contributed by atoms with Gasteiger partial charge in [0.1, 0.15) is 5.75 Å². The number of carbonyl (C=O) groups excluding carboxylic acids is 1. The van der Waals surface area contributed by atoms with Crippen LogP contribution < -0.4 is 10.1 Å². The van der Waals surface area contributed by atoms with Crippen LogP contribution in [0.5, 0.6) is 5.75 Å². The quantitative estimate of drug-likeness (QED) is 0.922. The molecule has 3 nitrogen and oxygen atoms in total. The van der Waals surface area contributed by atoms with Crippen LogP contribution in [0.4, 0.5) is 0 Å². The maximum Gasteiger partial charge on any atom is 0.258 e. The molecule has 3 heteroatoms. The Bertz CT molecular complexity index is 492. The van der Waals surface area contributed by atoms with E-state index in [2.05, 4.69) is 17.4 Å². The standard InChI is InChI=1S/C18H25NO2/c20-18(19-16-8-2-1-3-9-16)13-21-17-11-10-14-6-4-5-7-15(14)12-17/h10-12,16H,1-9,13H2,(H,19,20). The smallest absolute Gasteiger partial charge is 0.258 e. The monoisotopic (exact) mass is 287 g/mol. The van der Waals surface area contributed by atoms with E-state index in [-0.39, 0.29) is 12.5 Å². The third-order valence-electron chi connectivity index (χ3n) is 4.66. The maximum atomic E-state index is 11.9. The summed E-state index contributed by atoms with van der Waals surface area (Å²) < 4.78 is 5.66. The lowest BCUT2D eigenvalue weighted by atomic mass is 9.92. The molecule has 0 aliphatic heterocycles. The number of benzene rings is 1. The summed E-state index contributed by atoms with van der Waals surface area (Å²) >= 11 is 0. The normalized spacial score (nSPS) is 18.9. The molecule has 0 bridgehead atoms. The highest BCUT2D eigenvalue weighted by molar-refractivity contribution is 5.77. The van der Waals surface area contributed by atoms with Gasteiger partial charge in [-0.2, -0.15) is 0 Å². The van der Waals surface area contributed by atoms with Crippen molar-refractivity contribution in [1.29, 1.82) is 0 Å². The van der Waals surface area contributed by atoms with Gasteiger partial charge in [0.05, 0.1) is 0 Å². The molecule has 1 fully saturated rings. The van der Waals surface area contributed by atoms with Crippen LogP contribution in [-0.2, 0) is 17.6 Å². The van der Waals surface area contributed by atoms with Crippen molar-refractivity contribution in [1.82, 2.24) is 5.32 Å². The Balaban J connectivity index is 1.49. The molecule has 1 saturated carbocycles. The molecule has 0 radical (unpaired) electrons. The zero-order chi connectivity index (χ0) is 14.5. The van der Waals surface area contributed by atoms with Crippen molar-refractivity contribution in [3.05, 3.63) is 29.3 Å². The van der Waals surface area contributed by atoms with Crippen LogP contribution in [-0.4, -0.2) is 18.6 Å². The first kappa shape index (κ1) is 14.4. The molecule has 0 spiro atoms. The first-order valence-electron chi connectivity index (χ1n) is 8.35. The molecule has 0 saturated heterocycles. The van der Waals surface area contributed by atoms with E-state index in [1.165, 1.54) is 49.7 Å². The van der Waals surface area contributed by atoms with E-state index in [0.29, 0.717) is 6.04 Å². The Labute approximate surface area is 127 Å². The SMILES string of the molecule is O=C(COc1ccc2c(c1)CCCC2)NC1CCCCC1. The minimum atomic E-state index is 0.0135. The largest absolute Gasteiger partial charge is 0.484 e. The zero-order valence-corrected chi connectivity index (χ0v) is 12.7. The van der Waals surface area contributed by atoms with Crippen molar-refractivity contribution in [2.45, 2.75) is 63.8 Å². The highest BCUT2D eigenvalue weighted by Crippen LogP contribution is 2.25. The number of aryl methyl sites for hydroxylation is 2. The highest BCUT2D eigenvalue weighted by atomic mass is 16.5. The molecule has 0 atom stereocenters. The summed E-state index contributed by atoms with van der Waals surface area (Å²) in [6.45, 7) is 0.134. The minimum absolute atomic E-state index is 0.0135. The Kier molecular flexibility index (Phi) is 4.79. The average molecular weight is 287 g/mol. The van der Waals surface area contributed by atoms with E-state index >= 15 is 0 Å². The molecule has 1 amide bonds. The molecule has 0 unspecified atom stereocenters.